The van der Waals surface area contributed by atoms with Crippen molar-refractivity contribution in [2.45, 2.75) is 45.6 Å². The molecule has 0 bridgehead atoms. The Balaban J connectivity index is 0.00000364. The van der Waals surface area contributed by atoms with Crippen molar-refractivity contribution in [1.29, 1.82) is 0 Å². The summed E-state index contributed by atoms with van der Waals surface area (Å²) in [4.78, 5) is 18.4. The monoisotopic (exact) mass is 492 g/mol. The summed E-state index contributed by atoms with van der Waals surface area (Å²) in [5.74, 6) is 1.97. The van der Waals surface area contributed by atoms with Crippen molar-refractivity contribution in [2.24, 2.45) is 4.99 Å². The largest absolute Gasteiger partial charge is 0.469 e. The lowest BCUT2D eigenvalue weighted by Gasteiger charge is -2.19. The summed E-state index contributed by atoms with van der Waals surface area (Å²) in [5.41, 5.74) is 0. The van der Waals surface area contributed by atoms with E-state index in [4.69, 9.17) is 9.15 Å². The molecule has 1 aliphatic heterocycles. The molecule has 8 heteroatoms. The fraction of sp³-hybridized carbons (Fsp3) is 0.684. The third-order valence-corrected chi connectivity index (χ3v) is 4.35. The van der Waals surface area contributed by atoms with Gasteiger partial charge in [-0.3, -0.25) is 9.79 Å². The summed E-state index contributed by atoms with van der Waals surface area (Å²) >= 11 is 0. The predicted octanol–water partition coefficient (Wildman–Crippen LogP) is 2.41. The van der Waals surface area contributed by atoms with E-state index in [1.807, 2.05) is 30.9 Å². The predicted molar refractivity (Wildman–Crippen MR) is 118 cm³/mol. The van der Waals surface area contributed by atoms with E-state index < -0.39 is 0 Å². The Morgan fingerprint density at radius 2 is 2.30 bits per heavy atom. The highest BCUT2D eigenvalue weighted by Crippen LogP contribution is 2.10. The third-order valence-electron chi connectivity index (χ3n) is 4.35. The van der Waals surface area contributed by atoms with Crippen LogP contribution in [0.4, 0.5) is 0 Å². The highest BCUT2D eigenvalue weighted by atomic mass is 127. The van der Waals surface area contributed by atoms with Gasteiger partial charge in [-0.25, -0.2) is 0 Å². The Hall–Kier alpha value is -1.29. The van der Waals surface area contributed by atoms with E-state index in [1.54, 1.807) is 6.26 Å². The minimum Gasteiger partial charge on any atom is -0.469 e. The second-order valence-electron chi connectivity index (χ2n) is 6.36. The number of amides is 1. The lowest BCUT2D eigenvalue weighted by Crippen LogP contribution is -2.45. The van der Waals surface area contributed by atoms with Crippen LogP contribution in [0.2, 0.25) is 0 Å². The number of guanidine groups is 1. The first-order valence-electron chi connectivity index (χ1n) is 9.65. The van der Waals surface area contributed by atoms with Crippen molar-refractivity contribution in [2.75, 3.05) is 39.4 Å². The van der Waals surface area contributed by atoms with Crippen LogP contribution in [0.5, 0.6) is 0 Å². The number of hydrogen-bond acceptors (Lipinski definition) is 4. The van der Waals surface area contributed by atoms with Crippen LogP contribution in [0.25, 0.3) is 0 Å². The van der Waals surface area contributed by atoms with Crippen molar-refractivity contribution in [3.8, 4) is 0 Å². The number of hydrogen-bond donors (Lipinski definition) is 2. The van der Waals surface area contributed by atoms with Gasteiger partial charge >= 0.3 is 0 Å². The number of nitrogens with one attached hydrogen (secondary N) is 2. The molecule has 154 valence electrons. The number of halogens is 1. The number of nitrogens with zero attached hydrogens (tertiary/aromatic N) is 2. The first-order valence-corrected chi connectivity index (χ1v) is 9.65. The second-order valence-corrected chi connectivity index (χ2v) is 6.36. The maximum atomic E-state index is 11.8. The molecule has 27 heavy (non-hydrogen) atoms. The number of carbonyl (C=O) groups excluding carboxylic acids is 1. The molecule has 0 radical (unpaired) electrons. The van der Waals surface area contributed by atoms with E-state index in [0.29, 0.717) is 13.0 Å². The van der Waals surface area contributed by atoms with Gasteiger partial charge in [-0.1, -0.05) is 6.92 Å². The van der Waals surface area contributed by atoms with Crippen LogP contribution in [0, 0.1) is 0 Å². The fourth-order valence-electron chi connectivity index (χ4n) is 2.93. The molecule has 1 unspecified atom stereocenters. The normalized spacial score (nSPS) is 16.9. The topological polar surface area (TPSA) is 79.1 Å². The van der Waals surface area contributed by atoms with Gasteiger partial charge in [-0.05, 0) is 31.9 Å². The van der Waals surface area contributed by atoms with Crippen LogP contribution < -0.4 is 10.6 Å². The second kappa shape index (κ2) is 13.8. The van der Waals surface area contributed by atoms with E-state index in [1.165, 1.54) is 0 Å². The number of furan rings is 1. The Labute approximate surface area is 179 Å². The van der Waals surface area contributed by atoms with Crippen LogP contribution in [0.1, 0.15) is 38.9 Å². The van der Waals surface area contributed by atoms with Gasteiger partial charge < -0.3 is 24.7 Å². The molecular formula is C19H33IN4O3. The van der Waals surface area contributed by atoms with E-state index in [9.17, 15) is 4.79 Å². The van der Waals surface area contributed by atoms with Gasteiger partial charge in [0.1, 0.15) is 5.76 Å². The van der Waals surface area contributed by atoms with Crippen LogP contribution >= 0.6 is 24.0 Å². The van der Waals surface area contributed by atoms with Gasteiger partial charge in [0.25, 0.3) is 0 Å². The summed E-state index contributed by atoms with van der Waals surface area (Å²) in [7, 11) is 0. The Morgan fingerprint density at radius 3 is 3.00 bits per heavy atom. The molecule has 1 atom stereocenters. The molecule has 7 nitrogen and oxygen atoms in total. The average Bonchev–Trinajstić information content (AvgIpc) is 3.32. The van der Waals surface area contributed by atoms with E-state index in [-0.39, 0.29) is 35.9 Å². The SMILES string of the molecule is CCOCCCN=C(NCCc1ccco1)NC1CCN(C(=O)CC)C1.I. The zero-order valence-corrected chi connectivity index (χ0v) is 18.7. The number of carbonyl (C=O) groups is 1. The molecule has 1 aliphatic rings. The number of aliphatic imine (C=N–C) groups is 1. The summed E-state index contributed by atoms with van der Waals surface area (Å²) < 4.78 is 10.7. The van der Waals surface area contributed by atoms with Crippen molar-refractivity contribution >= 4 is 35.8 Å². The van der Waals surface area contributed by atoms with Crippen molar-refractivity contribution in [1.82, 2.24) is 15.5 Å². The lowest BCUT2D eigenvalue weighted by atomic mass is 10.3. The van der Waals surface area contributed by atoms with Crippen molar-refractivity contribution in [3.63, 3.8) is 0 Å². The third kappa shape index (κ3) is 8.96. The molecule has 0 aliphatic carbocycles. The van der Waals surface area contributed by atoms with Crippen molar-refractivity contribution in [3.05, 3.63) is 24.2 Å². The highest BCUT2D eigenvalue weighted by Gasteiger charge is 2.25. The van der Waals surface area contributed by atoms with Crippen molar-refractivity contribution < 1.29 is 13.9 Å². The molecule has 0 saturated carbocycles. The molecule has 1 amide bonds. The smallest absolute Gasteiger partial charge is 0.222 e. The number of likely N-dealkylation sites (tertiary alicyclic amines) is 1. The lowest BCUT2D eigenvalue weighted by molar-refractivity contribution is -0.129. The molecule has 2 heterocycles. The molecule has 1 saturated heterocycles. The van der Waals surface area contributed by atoms with Gasteiger partial charge in [-0.15, -0.1) is 24.0 Å². The summed E-state index contributed by atoms with van der Waals surface area (Å²) in [6, 6.07) is 4.11. The molecule has 1 fully saturated rings. The van der Waals surface area contributed by atoms with Gasteiger partial charge in [0.2, 0.25) is 5.91 Å². The number of rotatable bonds is 10. The van der Waals surface area contributed by atoms with E-state index in [2.05, 4.69) is 15.6 Å². The average molecular weight is 492 g/mol. The number of ether oxygens (including phenoxy) is 1. The standard InChI is InChI=1S/C19H32N4O3.HI/c1-3-18(24)23-12-9-16(15-23)22-19(20-10-6-13-25-4-2)21-11-8-17-7-5-14-26-17;/h5,7,14,16H,3-4,6,8-13,15H2,1-2H3,(H2,20,21,22);1H. The van der Waals surface area contributed by atoms with Crippen LogP contribution in [-0.2, 0) is 16.0 Å². The van der Waals surface area contributed by atoms with Crippen LogP contribution in [-0.4, -0.2) is 62.2 Å². The molecule has 1 aromatic rings. The van der Waals surface area contributed by atoms with E-state index in [0.717, 1.165) is 63.8 Å². The molecular weight excluding hydrogens is 459 g/mol. The minimum atomic E-state index is 0. The quantitative estimate of drug-likeness (QED) is 0.227. The first kappa shape index (κ1) is 23.7. The Morgan fingerprint density at radius 1 is 1.44 bits per heavy atom. The minimum absolute atomic E-state index is 0. The molecule has 1 aromatic heterocycles. The fourth-order valence-corrected chi connectivity index (χ4v) is 2.93. The van der Waals surface area contributed by atoms with Gasteiger partial charge in [0.05, 0.1) is 6.26 Å². The first-order chi connectivity index (χ1) is 12.7. The summed E-state index contributed by atoms with van der Waals surface area (Å²) in [5, 5.41) is 6.84. The Bertz CT molecular complexity index is 551. The maximum absolute atomic E-state index is 11.8. The highest BCUT2D eigenvalue weighted by molar-refractivity contribution is 14.0. The molecule has 2 rings (SSSR count). The zero-order chi connectivity index (χ0) is 18.6. The maximum Gasteiger partial charge on any atom is 0.222 e. The molecule has 0 aromatic carbocycles. The van der Waals surface area contributed by atoms with E-state index >= 15 is 0 Å². The molecule has 2 N–H and O–H groups in total. The Kier molecular flexibility index (Phi) is 12.2. The zero-order valence-electron chi connectivity index (χ0n) is 16.4. The van der Waals surface area contributed by atoms with Crippen LogP contribution in [0.15, 0.2) is 27.8 Å². The summed E-state index contributed by atoms with van der Waals surface area (Å²) in [6.45, 7) is 8.37. The summed E-state index contributed by atoms with van der Waals surface area (Å²) in [6.07, 6.45) is 4.89. The van der Waals surface area contributed by atoms with Gasteiger partial charge in [-0.2, -0.15) is 0 Å². The van der Waals surface area contributed by atoms with Crippen LogP contribution in [0.3, 0.4) is 0 Å². The molecule has 0 spiro atoms. The van der Waals surface area contributed by atoms with Gasteiger partial charge in [0.15, 0.2) is 5.96 Å². The van der Waals surface area contributed by atoms with Gasteiger partial charge in [0, 0.05) is 58.3 Å².